The summed E-state index contributed by atoms with van der Waals surface area (Å²) in [6, 6.07) is 0. The summed E-state index contributed by atoms with van der Waals surface area (Å²) in [7, 11) is 1.16. The zero-order chi connectivity index (χ0) is 54.9. The summed E-state index contributed by atoms with van der Waals surface area (Å²) in [5.41, 5.74) is 0. The second kappa shape index (κ2) is 56.4. The third-order valence-corrected chi connectivity index (χ3v) is 14.8. The van der Waals surface area contributed by atoms with Crippen molar-refractivity contribution in [1.82, 2.24) is 0 Å². The number of esters is 2. The zero-order valence-electron chi connectivity index (χ0n) is 49.7. The van der Waals surface area contributed by atoms with Gasteiger partial charge in [-0.15, -0.1) is 0 Å². The number of carbonyl (C=O) groups is 2. The molecule has 0 radical (unpaired) electrons. The number of nitrogens with zero attached hydrogens (tertiary/aromatic N) is 1. The Morgan fingerprint density at radius 2 is 0.760 bits per heavy atom. The van der Waals surface area contributed by atoms with Gasteiger partial charge in [0.2, 0.25) is 0 Å². The van der Waals surface area contributed by atoms with Crippen LogP contribution < -0.4 is 4.89 Å². The van der Waals surface area contributed by atoms with Crippen LogP contribution in [-0.4, -0.2) is 70.0 Å². The van der Waals surface area contributed by atoms with E-state index in [9.17, 15) is 19.0 Å². The second-order valence-corrected chi connectivity index (χ2v) is 23.8. The smallest absolute Gasteiger partial charge is 0.306 e. The van der Waals surface area contributed by atoms with Crippen LogP contribution in [0.25, 0.3) is 0 Å². The highest BCUT2D eigenvalue weighted by Crippen LogP contribution is 2.38. The van der Waals surface area contributed by atoms with Crippen molar-refractivity contribution >= 4 is 19.8 Å². The van der Waals surface area contributed by atoms with Gasteiger partial charge in [-0.2, -0.15) is 0 Å². The Hall–Kier alpha value is -2.29. The molecular weight excluding hydrogens is 954 g/mol. The summed E-state index contributed by atoms with van der Waals surface area (Å²) in [4.78, 5) is 37.9. The number of quaternary nitrogens is 1. The number of phosphoric acid groups is 1. The monoisotopic (exact) mass is 1070 g/mol. The van der Waals surface area contributed by atoms with E-state index < -0.39 is 26.5 Å². The van der Waals surface area contributed by atoms with E-state index in [1.54, 1.807) is 0 Å². The molecule has 0 aliphatic carbocycles. The lowest BCUT2D eigenvalue weighted by Gasteiger charge is -2.28. The molecule has 0 N–H and O–H groups in total. The SMILES string of the molecule is CC/C=C\C/C=C\C/C=C\C/C=C\C/C=C\CCCCCCCC(=O)OC(COC(=O)CCCCCCCCCCCCCCCCCCCCCCCCCCCCCCCC)COP(=O)([O-])OCC[N+](C)(C)C. The van der Waals surface area contributed by atoms with Crippen molar-refractivity contribution in [2.24, 2.45) is 0 Å². The summed E-state index contributed by atoms with van der Waals surface area (Å²) < 4.78 is 34.2. The predicted molar refractivity (Wildman–Crippen MR) is 319 cm³/mol. The molecule has 0 aliphatic rings. The van der Waals surface area contributed by atoms with Crippen molar-refractivity contribution in [2.75, 3.05) is 47.5 Å². The van der Waals surface area contributed by atoms with Crippen molar-refractivity contribution < 1.29 is 42.1 Å². The van der Waals surface area contributed by atoms with Gasteiger partial charge >= 0.3 is 11.9 Å². The number of likely N-dealkylation sites (N-methyl/N-ethyl adjacent to an activating group) is 1. The quantitative estimate of drug-likeness (QED) is 0.0195. The molecule has 9 nitrogen and oxygen atoms in total. The molecule has 0 saturated carbocycles. The first-order valence-corrected chi connectivity index (χ1v) is 33.0. The van der Waals surface area contributed by atoms with Gasteiger partial charge in [-0.05, 0) is 57.8 Å². The van der Waals surface area contributed by atoms with E-state index in [1.807, 2.05) is 21.1 Å². The van der Waals surface area contributed by atoms with Crippen molar-refractivity contribution in [3.05, 3.63) is 60.8 Å². The van der Waals surface area contributed by atoms with E-state index in [0.29, 0.717) is 17.4 Å². The first-order valence-electron chi connectivity index (χ1n) is 31.5. The van der Waals surface area contributed by atoms with Crippen LogP contribution in [0.3, 0.4) is 0 Å². The summed E-state index contributed by atoms with van der Waals surface area (Å²) >= 11 is 0. The van der Waals surface area contributed by atoms with Crippen LogP contribution in [0.2, 0.25) is 0 Å². The number of rotatable bonds is 58. The van der Waals surface area contributed by atoms with Gasteiger partial charge in [-0.25, -0.2) is 0 Å². The van der Waals surface area contributed by atoms with Gasteiger partial charge in [0.25, 0.3) is 7.82 Å². The molecule has 0 aromatic rings. The molecule has 438 valence electrons. The minimum Gasteiger partial charge on any atom is -0.756 e. The average Bonchev–Trinajstić information content (AvgIpc) is 3.37. The Kier molecular flexibility index (Phi) is 54.7. The van der Waals surface area contributed by atoms with Gasteiger partial charge in [0.1, 0.15) is 19.8 Å². The number of ether oxygens (including phenoxy) is 2. The highest BCUT2D eigenvalue weighted by molar-refractivity contribution is 7.45. The minimum atomic E-state index is -4.64. The number of carbonyl (C=O) groups excluding carboxylic acids is 2. The molecule has 0 saturated heterocycles. The number of allylic oxidation sites excluding steroid dienone is 10. The highest BCUT2D eigenvalue weighted by Gasteiger charge is 2.22. The minimum absolute atomic E-state index is 0.0360. The third kappa shape index (κ3) is 60.8. The van der Waals surface area contributed by atoms with Crippen molar-refractivity contribution in [1.29, 1.82) is 0 Å². The third-order valence-electron chi connectivity index (χ3n) is 13.8. The normalized spacial score (nSPS) is 13.6. The maximum Gasteiger partial charge on any atom is 0.306 e. The fraction of sp³-hybridized carbons (Fsp3) is 0.815. The molecule has 0 spiro atoms. The van der Waals surface area contributed by atoms with Gasteiger partial charge < -0.3 is 27.9 Å². The molecule has 0 fully saturated rings. The molecule has 2 unspecified atom stereocenters. The molecule has 2 atom stereocenters. The Morgan fingerprint density at radius 1 is 0.427 bits per heavy atom. The zero-order valence-corrected chi connectivity index (χ0v) is 50.6. The predicted octanol–water partition coefficient (Wildman–Crippen LogP) is 19.2. The van der Waals surface area contributed by atoms with Crippen molar-refractivity contribution in [3.8, 4) is 0 Å². The first-order chi connectivity index (χ1) is 36.5. The molecule has 0 aromatic carbocycles. The van der Waals surface area contributed by atoms with Crippen LogP contribution >= 0.6 is 7.82 Å². The lowest BCUT2D eigenvalue weighted by Crippen LogP contribution is -2.37. The summed E-state index contributed by atoms with van der Waals surface area (Å²) in [5.74, 6) is -0.846. The Bertz CT molecular complexity index is 1450. The number of phosphoric ester groups is 1. The summed E-state index contributed by atoms with van der Waals surface area (Å²) in [5, 5.41) is 0. The Morgan fingerprint density at radius 3 is 1.13 bits per heavy atom. The van der Waals surface area contributed by atoms with E-state index in [0.717, 1.165) is 83.5 Å². The lowest BCUT2D eigenvalue weighted by molar-refractivity contribution is -0.870. The topological polar surface area (TPSA) is 111 Å². The van der Waals surface area contributed by atoms with Crippen LogP contribution in [0.1, 0.15) is 290 Å². The number of unbranched alkanes of at least 4 members (excludes halogenated alkanes) is 34. The first kappa shape index (κ1) is 72.7. The maximum absolute atomic E-state index is 12.8. The van der Waals surface area contributed by atoms with Crippen molar-refractivity contribution in [2.45, 2.75) is 296 Å². The van der Waals surface area contributed by atoms with Gasteiger partial charge in [0, 0.05) is 12.8 Å². The number of hydrogen-bond acceptors (Lipinski definition) is 8. The highest BCUT2D eigenvalue weighted by atomic mass is 31.2. The molecule has 75 heavy (non-hydrogen) atoms. The van der Waals surface area contributed by atoms with E-state index in [4.69, 9.17) is 18.5 Å². The van der Waals surface area contributed by atoms with E-state index in [-0.39, 0.29) is 32.0 Å². The molecule has 0 rings (SSSR count). The largest absolute Gasteiger partial charge is 0.756 e. The van der Waals surface area contributed by atoms with Crippen molar-refractivity contribution in [3.63, 3.8) is 0 Å². The molecular formula is C65H120NO8P. The molecule has 10 heteroatoms. The molecule has 0 aromatic heterocycles. The Labute approximate surface area is 464 Å². The number of hydrogen-bond donors (Lipinski definition) is 0. The standard InChI is InChI=1S/C65H120NO8P/c1-6-8-10-12-14-16-18-20-22-24-26-28-29-30-31-32-33-34-35-36-38-39-41-43-45-47-49-51-53-55-57-64(67)71-61-63(62-73-75(69,70)72-60-59-66(3,4)5)74-65(68)58-56-54-52-50-48-46-44-42-40-37-27-25-23-21-19-17-15-13-11-9-7-2/h9,11,15,17,21,23,27,37,42,44,63H,6-8,10,12-14,16,18-20,22,24-26,28-36,38-41,43,45-62H2,1-5H3/b11-9-,17-15-,23-21-,37-27-,44-42-. The fourth-order valence-electron chi connectivity index (χ4n) is 8.98. The van der Waals surface area contributed by atoms with Gasteiger partial charge in [-0.1, -0.05) is 280 Å². The van der Waals surface area contributed by atoms with Crippen LogP contribution in [0.15, 0.2) is 60.8 Å². The van der Waals surface area contributed by atoms with Gasteiger partial charge in [-0.3, -0.25) is 14.2 Å². The van der Waals surface area contributed by atoms with Gasteiger partial charge in [0.15, 0.2) is 6.10 Å². The lowest BCUT2D eigenvalue weighted by atomic mass is 10.0. The van der Waals surface area contributed by atoms with E-state index in [2.05, 4.69) is 74.6 Å². The average molecular weight is 1070 g/mol. The maximum atomic E-state index is 12.8. The second-order valence-electron chi connectivity index (χ2n) is 22.4. The Balaban J connectivity index is 4.07. The van der Waals surface area contributed by atoms with Crippen LogP contribution in [-0.2, 0) is 32.7 Å². The summed E-state index contributed by atoms with van der Waals surface area (Å²) in [6.07, 6.45) is 72.9. The van der Waals surface area contributed by atoms with Crippen LogP contribution in [0.5, 0.6) is 0 Å². The fourth-order valence-corrected chi connectivity index (χ4v) is 9.71. The molecule has 0 aliphatic heterocycles. The van der Waals surface area contributed by atoms with Crippen LogP contribution in [0, 0.1) is 0 Å². The molecule has 0 amide bonds. The van der Waals surface area contributed by atoms with E-state index in [1.165, 1.54) is 173 Å². The van der Waals surface area contributed by atoms with E-state index >= 15 is 0 Å². The van der Waals surface area contributed by atoms with Gasteiger partial charge in [0.05, 0.1) is 27.7 Å². The molecule has 0 heterocycles. The van der Waals surface area contributed by atoms with Crippen LogP contribution in [0.4, 0.5) is 0 Å². The molecule has 0 bridgehead atoms. The summed E-state index contributed by atoms with van der Waals surface area (Å²) in [6.45, 7) is 4.14.